The largest absolute Gasteiger partial charge is 0.490 e. The van der Waals surface area contributed by atoms with Gasteiger partial charge in [-0.15, -0.1) is 0 Å². The van der Waals surface area contributed by atoms with Gasteiger partial charge >= 0.3 is 0 Å². The minimum Gasteiger partial charge on any atom is -0.490 e. The zero-order valence-corrected chi connectivity index (χ0v) is 15.3. The summed E-state index contributed by atoms with van der Waals surface area (Å²) in [5.41, 5.74) is 0.801. The number of carbonyl (C=O) groups excluding carboxylic acids is 1. The molecule has 0 saturated carbocycles. The molecule has 1 N–H and O–H groups in total. The number of pyridine rings is 1. The molecule has 2 heterocycles. The standard InChI is InChI=1S/C20H24N2O5/c1-2-25-18-7-9-21-11-19(18)27-17-8-10-22(12-17)20(24)14-26-16-5-3-15(13-23)4-6-16/h3-7,9,11,17,23H,2,8,10,12-14H2,1H3. The van der Waals surface area contributed by atoms with Crippen molar-refractivity contribution in [2.75, 3.05) is 26.3 Å². The van der Waals surface area contributed by atoms with Gasteiger partial charge in [0.25, 0.3) is 5.91 Å². The molecular weight excluding hydrogens is 348 g/mol. The summed E-state index contributed by atoms with van der Waals surface area (Å²) in [6.45, 7) is 3.55. The van der Waals surface area contributed by atoms with Crippen LogP contribution in [0.5, 0.6) is 17.2 Å². The summed E-state index contributed by atoms with van der Waals surface area (Å²) in [4.78, 5) is 18.2. The molecule has 1 atom stereocenters. The molecular formula is C20H24N2O5. The maximum absolute atomic E-state index is 12.4. The highest BCUT2D eigenvalue weighted by Crippen LogP contribution is 2.28. The molecule has 1 fully saturated rings. The Labute approximate surface area is 158 Å². The lowest BCUT2D eigenvalue weighted by Crippen LogP contribution is -2.34. The van der Waals surface area contributed by atoms with Gasteiger partial charge in [0.2, 0.25) is 0 Å². The molecule has 0 spiro atoms. The number of aromatic nitrogens is 1. The fraction of sp³-hybridized carbons (Fsp3) is 0.400. The Hall–Kier alpha value is -2.80. The number of hydrogen-bond acceptors (Lipinski definition) is 6. The van der Waals surface area contributed by atoms with Crippen LogP contribution in [0.15, 0.2) is 42.7 Å². The third-order valence-electron chi connectivity index (χ3n) is 4.31. The van der Waals surface area contributed by atoms with Crippen LogP contribution < -0.4 is 14.2 Å². The quantitative estimate of drug-likeness (QED) is 0.764. The van der Waals surface area contributed by atoms with E-state index < -0.39 is 0 Å². The van der Waals surface area contributed by atoms with Crippen molar-refractivity contribution in [2.24, 2.45) is 0 Å². The number of ether oxygens (including phenoxy) is 3. The molecule has 1 saturated heterocycles. The van der Waals surface area contributed by atoms with Gasteiger partial charge in [0.1, 0.15) is 11.9 Å². The molecule has 7 nitrogen and oxygen atoms in total. The van der Waals surface area contributed by atoms with Crippen molar-refractivity contribution in [1.82, 2.24) is 9.88 Å². The van der Waals surface area contributed by atoms with Crippen LogP contribution in [0.1, 0.15) is 18.9 Å². The monoisotopic (exact) mass is 372 g/mol. The summed E-state index contributed by atoms with van der Waals surface area (Å²) in [5.74, 6) is 1.78. The first-order chi connectivity index (χ1) is 13.2. The molecule has 1 aliphatic rings. The normalized spacial score (nSPS) is 16.2. The lowest BCUT2D eigenvalue weighted by Gasteiger charge is -2.18. The van der Waals surface area contributed by atoms with E-state index in [1.165, 1.54) is 0 Å². The predicted octanol–water partition coefficient (Wildman–Crippen LogP) is 2.03. The Morgan fingerprint density at radius 2 is 2.04 bits per heavy atom. The van der Waals surface area contributed by atoms with Gasteiger partial charge in [-0.2, -0.15) is 0 Å². The summed E-state index contributed by atoms with van der Waals surface area (Å²) in [7, 11) is 0. The molecule has 1 unspecified atom stereocenters. The van der Waals surface area contributed by atoms with E-state index in [1.807, 2.05) is 6.92 Å². The fourth-order valence-electron chi connectivity index (χ4n) is 2.89. The number of carbonyl (C=O) groups is 1. The van der Waals surface area contributed by atoms with Crippen molar-refractivity contribution in [1.29, 1.82) is 0 Å². The maximum atomic E-state index is 12.4. The summed E-state index contributed by atoms with van der Waals surface area (Å²) < 4.78 is 17.1. The van der Waals surface area contributed by atoms with E-state index in [-0.39, 0.29) is 25.2 Å². The minimum atomic E-state index is -0.0961. The number of hydrogen-bond donors (Lipinski definition) is 1. The van der Waals surface area contributed by atoms with E-state index in [4.69, 9.17) is 19.3 Å². The Balaban J connectivity index is 1.49. The van der Waals surface area contributed by atoms with Crippen molar-refractivity contribution in [3.63, 3.8) is 0 Å². The van der Waals surface area contributed by atoms with Gasteiger partial charge in [-0.3, -0.25) is 9.78 Å². The van der Waals surface area contributed by atoms with Crippen molar-refractivity contribution in [2.45, 2.75) is 26.1 Å². The van der Waals surface area contributed by atoms with Crippen LogP contribution in [-0.4, -0.2) is 53.3 Å². The Kier molecular flexibility index (Phi) is 6.49. The number of amides is 1. The molecule has 3 rings (SSSR count). The number of nitrogens with zero attached hydrogens (tertiary/aromatic N) is 2. The van der Waals surface area contributed by atoms with Crippen LogP contribution in [0.25, 0.3) is 0 Å². The first kappa shape index (κ1) is 19.0. The molecule has 2 aromatic rings. The maximum Gasteiger partial charge on any atom is 0.260 e. The second kappa shape index (κ2) is 9.23. The number of aliphatic hydroxyl groups is 1. The Morgan fingerprint density at radius 3 is 2.78 bits per heavy atom. The lowest BCUT2D eigenvalue weighted by molar-refractivity contribution is -0.132. The van der Waals surface area contributed by atoms with Crippen LogP contribution in [0.2, 0.25) is 0 Å². The summed E-state index contributed by atoms with van der Waals surface area (Å²) in [5, 5.41) is 9.04. The molecule has 1 aliphatic heterocycles. The molecule has 1 amide bonds. The predicted molar refractivity (Wildman–Crippen MR) is 98.9 cm³/mol. The van der Waals surface area contributed by atoms with E-state index in [0.29, 0.717) is 36.9 Å². The molecule has 27 heavy (non-hydrogen) atoms. The topological polar surface area (TPSA) is 81.1 Å². The number of likely N-dealkylation sites (tertiary alicyclic amines) is 1. The van der Waals surface area contributed by atoms with Gasteiger partial charge < -0.3 is 24.2 Å². The molecule has 0 bridgehead atoms. The summed E-state index contributed by atoms with van der Waals surface area (Å²) >= 11 is 0. The molecule has 1 aromatic heterocycles. The number of aliphatic hydroxyl groups excluding tert-OH is 1. The highest BCUT2D eigenvalue weighted by molar-refractivity contribution is 5.78. The third-order valence-corrected chi connectivity index (χ3v) is 4.31. The van der Waals surface area contributed by atoms with Crippen LogP contribution in [0.4, 0.5) is 0 Å². The van der Waals surface area contributed by atoms with Crippen LogP contribution in [-0.2, 0) is 11.4 Å². The van der Waals surface area contributed by atoms with Crippen LogP contribution in [0, 0.1) is 0 Å². The lowest BCUT2D eigenvalue weighted by atomic mass is 10.2. The van der Waals surface area contributed by atoms with Crippen molar-refractivity contribution >= 4 is 5.91 Å². The minimum absolute atomic E-state index is 0.0175. The van der Waals surface area contributed by atoms with E-state index in [2.05, 4.69) is 4.98 Å². The van der Waals surface area contributed by atoms with Gasteiger partial charge in [-0.25, -0.2) is 0 Å². The van der Waals surface area contributed by atoms with Gasteiger partial charge in [0, 0.05) is 25.2 Å². The third kappa shape index (κ3) is 5.10. The van der Waals surface area contributed by atoms with Crippen LogP contribution in [0.3, 0.4) is 0 Å². The van der Waals surface area contributed by atoms with Crippen molar-refractivity contribution < 1.29 is 24.1 Å². The van der Waals surface area contributed by atoms with Gasteiger partial charge in [0.15, 0.2) is 18.1 Å². The summed E-state index contributed by atoms with van der Waals surface area (Å²) in [6, 6.07) is 8.79. The average molecular weight is 372 g/mol. The van der Waals surface area contributed by atoms with E-state index in [9.17, 15) is 4.79 Å². The zero-order valence-electron chi connectivity index (χ0n) is 15.3. The first-order valence-corrected chi connectivity index (χ1v) is 9.03. The smallest absolute Gasteiger partial charge is 0.260 e. The van der Waals surface area contributed by atoms with Crippen LogP contribution >= 0.6 is 0 Å². The highest BCUT2D eigenvalue weighted by atomic mass is 16.5. The van der Waals surface area contributed by atoms with E-state index in [0.717, 1.165) is 12.0 Å². The second-order valence-corrected chi connectivity index (χ2v) is 6.21. The van der Waals surface area contributed by atoms with E-state index in [1.54, 1.807) is 47.6 Å². The molecule has 7 heteroatoms. The number of rotatable bonds is 8. The molecule has 0 aliphatic carbocycles. The van der Waals surface area contributed by atoms with Gasteiger partial charge in [-0.1, -0.05) is 12.1 Å². The summed E-state index contributed by atoms with van der Waals surface area (Å²) in [6.07, 6.45) is 3.94. The first-order valence-electron chi connectivity index (χ1n) is 9.03. The second-order valence-electron chi connectivity index (χ2n) is 6.21. The molecule has 0 radical (unpaired) electrons. The highest BCUT2D eigenvalue weighted by Gasteiger charge is 2.28. The van der Waals surface area contributed by atoms with Gasteiger partial charge in [-0.05, 0) is 24.6 Å². The molecule has 144 valence electrons. The van der Waals surface area contributed by atoms with E-state index >= 15 is 0 Å². The Morgan fingerprint density at radius 1 is 1.22 bits per heavy atom. The molecule has 1 aromatic carbocycles. The van der Waals surface area contributed by atoms with Crippen molar-refractivity contribution in [3.05, 3.63) is 48.3 Å². The van der Waals surface area contributed by atoms with Crippen molar-refractivity contribution in [3.8, 4) is 17.2 Å². The fourth-order valence-corrected chi connectivity index (χ4v) is 2.89. The average Bonchev–Trinajstić information content (AvgIpc) is 3.17. The number of benzene rings is 1. The van der Waals surface area contributed by atoms with Gasteiger partial charge in [0.05, 0.1) is 26.0 Å². The Bertz CT molecular complexity index is 750. The zero-order chi connectivity index (χ0) is 19.1. The SMILES string of the molecule is CCOc1ccncc1OC1CCN(C(=O)COc2ccc(CO)cc2)C1.